The fraction of sp³-hybridized carbons (Fsp3) is 0.500. The van der Waals surface area contributed by atoms with Crippen molar-refractivity contribution in [1.29, 1.82) is 0 Å². The SMILES string of the molecule is COc1cc(OC)cc(-c2noc(N3CCN(C(=O)C4CC4)CC3)n2)c1. The lowest BCUT2D eigenvalue weighted by Gasteiger charge is -2.33. The number of hydrogen-bond acceptors (Lipinski definition) is 7. The average molecular weight is 358 g/mol. The first-order valence-corrected chi connectivity index (χ1v) is 8.79. The third-order valence-electron chi connectivity index (χ3n) is 4.81. The fourth-order valence-corrected chi connectivity index (χ4v) is 3.10. The van der Waals surface area contributed by atoms with Crippen LogP contribution in [-0.4, -0.2) is 61.3 Å². The van der Waals surface area contributed by atoms with Gasteiger partial charge in [0.05, 0.1) is 14.2 Å². The highest BCUT2D eigenvalue weighted by Crippen LogP contribution is 2.32. The van der Waals surface area contributed by atoms with Crippen molar-refractivity contribution in [3.8, 4) is 22.9 Å². The molecule has 0 atom stereocenters. The van der Waals surface area contributed by atoms with E-state index >= 15 is 0 Å². The van der Waals surface area contributed by atoms with Crippen LogP contribution in [0.1, 0.15) is 12.8 Å². The molecule has 1 amide bonds. The van der Waals surface area contributed by atoms with E-state index in [-0.39, 0.29) is 5.92 Å². The molecule has 0 unspecified atom stereocenters. The molecule has 0 bridgehead atoms. The molecule has 2 heterocycles. The van der Waals surface area contributed by atoms with Gasteiger partial charge in [0.2, 0.25) is 11.7 Å². The van der Waals surface area contributed by atoms with Gasteiger partial charge >= 0.3 is 6.01 Å². The van der Waals surface area contributed by atoms with Gasteiger partial charge in [-0.3, -0.25) is 4.79 Å². The van der Waals surface area contributed by atoms with Gasteiger partial charge in [0.15, 0.2) is 0 Å². The first kappa shape index (κ1) is 16.7. The Hall–Kier alpha value is -2.77. The molecule has 4 rings (SSSR count). The van der Waals surface area contributed by atoms with E-state index in [4.69, 9.17) is 14.0 Å². The summed E-state index contributed by atoms with van der Waals surface area (Å²) in [6.45, 7) is 2.78. The van der Waals surface area contributed by atoms with E-state index in [1.54, 1.807) is 20.3 Å². The quantitative estimate of drug-likeness (QED) is 0.806. The van der Waals surface area contributed by atoms with Crippen molar-refractivity contribution in [2.45, 2.75) is 12.8 Å². The van der Waals surface area contributed by atoms with Gasteiger partial charge in [-0.25, -0.2) is 0 Å². The average Bonchev–Trinajstić information content (AvgIpc) is 3.43. The second kappa shape index (κ2) is 6.86. The van der Waals surface area contributed by atoms with E-state index in [1.165, 1.54) is 0 Å². The molecule has 1 aliphatic carbocycles. The predicted molar refractivity (Wildman–Crippen MR) is 94.4 cm³/mol. The zero-order valence-electron chi connectivity index (χ0n) is 15.0. The van der Waals surface area contributed by atoms with E-state index in [9.17, 15) is 4.79 Å². The van der Waals surface area contributed by atoms with Crippen molar-refractivity contribution < 1.29 is 18.8 Å². The number of nitrogens with zero attached hydrogens (tertiary/aromatic N) is 4. The van der Waals surface area contributed by atoms with Crippen LogP contribution < -0.4 is 14.4 Å². The Morgan fingerprint density at radius 1 is 1.08 bits per heavy atom. The summed E-state index contributed by atoms with van der Waals surface area (Å²) >= 11 is 0. The maximum absolute atomic E-state index is 12.1. The van der Waals surface area contributed by atoms with Crippen molar-refractivity contribution >= 4 is 11.9 Å². The summed E-state index contributed by atoms with van der Waals surface area (Å²) in [5.74, 6) is 2.36. The summed E-state index contributed by atoms with van der Waals surface area (Å²) in [7, 11) is 3.20. The van der Waals surface area contributed by atoms with Gasteiger partial charge in [0, 0.05) is 43.7 Å². The lowest BCUT2D eigenvalue weighted by molar-refractivity contribution is -0.132. The van der Waals surface area contributed by atoms with Crippen LogP contribution in [0.2, 0.25) is 0 Å². The lowest BCUT2D eigenvalue weighted by Crippen LogP contribution is -2.49. The predicted octanol–water partition coefficient (Wildman–Crippen LogP) is 1.81. The number of anilines is 1. The molecule has 138 valence electrons. The largest absolute Gasteiger partial charge is 0.497 e. The summed E-state index contributed by atoms with van der Waals surface area (Å²) in [5, 5.41) is 4.09. The van der Waals surface area contributed by atoms with Crippen LogP contribution in [0.3, 0.4) is 0 Å². The zero-order chi connectivity index (χ0) is 18.1. The normalized spacial score (nSPS) is 17.3. The molecule has 8 nitrogen and oxygen atoms in total. The lowest BCUT2D eigenvalue weighted by atomic mass is 10.2. The molecule has 1 saturated heterocycles. The zero-order valence-corrected chi connectivity index (χ0v) is 15.0. The van der Waals surface area contributed by atoms with Crippen LogP contribution >= 0.6 is 0 Å². The van der Waals surface area contributed by atoms with E-state index in [2.05, 4.69) is 10.1 Å². The van der Waals surface area contributed by atoms with E-state index < -0.39 is 0 Å². The maximum Gasteiger partial charge on any atom is 0.324 e. The van der Waals surface area contributed by atoms with Crippen LogP contribution in [-0.2, 0) is 4.79 Å². The summed E-state index contributed by atoms with van der Waals surface area (Å²) in [4.78, 5) is 20.6. The number of carbonyl (C=O) groups excluding carboxylic acids is 1. The third-order valence-corrected chi connectivity index (χ3v) is 4.81. The Morgan fingerprint density at radius 2 is 1.73 bits per heavy atom. The molecule has 1 aromatic carbocycles. The fourth-order valence-electron chi connectivity index (χ4n) is 3.10. The first-order chi connectivity index (χ1) is 12.7. The molecule has 2 fully saturated rings. The van der Waals surface area contributed by atoms with Crippen molar-refractivity contribution in [2.24, 2.45) is 5.92 Å². The Balaban J connectivity index is 1.46. The van der Waals surface area contributed by atoms with Gasteiger partial charge in [0.1, 0.15) is 11.5 Å². The highest BCUT2D eigenvalue weighted by molar-refractivity contribution is 5.81. The number of hydrogen-bond donors (Lipinski definition) is 0. The van der Waals surface area contributed by atoms with Gasteiger partial charge in [0.25, 0.3) is 0 Å². The van der Waals surface area contributed by atoms with Gasteiger partial charge < -0.3 is 23.8 Å². The maximum atomic E-state index is 12.1. The van der Waals surface area contributed by atoms with Crippen LogP contribution in [0.5, 0.6) is 11.5 Å². The van der Waals surface area contributed by atoms with Gasteiger partial charge in [-0.2, -0.15) is 4.98 Å². The Labute approximate surface area is 151 Å². The second-order valence-electron chi connectivity index (χ2n) is 6.59. The van der Waals surface area contributed by atoms with E-state index in [0.717, 1.165) is 18.4 Å². The first-order valence-electron chi connectivity index (χ1n) is 8.79. The van der Waals surface area contributed by atoms with Crippen LogP contribution in [0, 0.1) is 5.92 Å². The number of ether oxygens (including phenoxy) is 2. The topological polar surface area (TPSA) is 80.9 Å². The number of carbonyl (C=O) groups is 1. The molecule has 1 aromatic heterocycles. The van der Waals surface area contributed by atoms with Gasteiger partial charge in [-0.05, 0) is 25.0 Å². The Kier molecular flexibility index (Phi) is 4.40. The number of benzene rings is 1. The number of methoxy groups -OCH3 is 2. The van der Waals surface area contributed by atoms with Gasteiger partial charge in [-0.15, -0.1) is 0 Å². The Bertz CT molecular complexity index is 772. The minimum Gasteiger partial charge on any atom is -0.497 e. The molecule has 2 aliphatic rings. The molecular formula is C18H22N4O4. The highest BCUT2D eigenvalue weighted by atomic mass is 16.5. The number of piperazine rings is 1. The molecule has 0 spiro atoms. The molecule has 1 aliphatic heterocycles. The standard InChI is InChI=1S/C18H22N4O4/c1-24-14-9-13(10-15(11-14)25-2)16-19-18(26-20-16)22-7-5-21(6-8-22)17(23)12-3-4-12/h9-12H,3-8H2,1-2H3. The molecular weight excluding hydrogens is 336 g/mol. The van der Waals surface area contributed by atoms with Crippen molar-refractivity contribution in [1.82, 2.24) is 15.0 Å². The number of amides is 1. The molecule has 2 aromatic rings. The summed E-state index contributed by atoms with van der Waals surface area (Å²) in [5.41, 5.74) is 0.763. The molecule has 8 heteroatoms. The monoisotopic (exact) mass is 358 g/mol. The Morgan fingerprint density at radius 3 is 2.31 bits per heavy atom. The minimum absolute atomic E-state index is 0.264. The van der Waals surface area contributed by atoms with E-state index in [1.807, 2.05) is 21.9 Å². The highest BCUT2D eigenvalue weighted by Gasteiger charge is 2.35. The number of aromatic nitrogens is 2. The van der Waals surface area contributed by atoms with Crippen LogP contribution in [0.4, 0.5) is 6.01 Å². The van der Waals surface area contributed by atoms with E-state index in [0.29, 0.717) is 55.4 Å². The minimum atomic E-state index is 0.264. The number of rotatable bonds is 5. The molecule has 1 saturated carbocycles. The van der Waals surface area contributed by atoms with Gasteiger partial charge in [-0.1, -0.05) is 5.16 Å². The third kappa shape index (κ3) is 3.31. The summed E-state index contributed by atoms with van der Waals surface area (Å²) < 4.78 is 16.0. The molecule has 26 heavy (non-hydrogen) atoms. The smallest absolute Gasteiger partial charge is 0.324 e. The summed E-state index contributed by atoms with van der Waals surface area (Å²) in [6.07, 6.45) is 2.08. The van der Waals surface area contributed by atoms with Crippen molar-refractivity contribution in [3.63, 3.8) is 0 Å². The molecule has 0 radical (unpaired) electrons. The van der Waals surface area contributed by atoms with Crippen molar-refractivity contribution in [3.05, 3.63) is 18.2 Å². The second-order valence-corrected chi connectivity index (χ2v) is 6.59. The summed E-state index contributed by atoms with van der Waals surface area (Å²) in [6, 6.07) is 5.94. The van der Waals surface area contributed by atoms with Crippen LogP contribution in [0.25, 0.3) is 11.4 Å². The van der Waals surface area contributed by atoms with Crippen LogP contribution in [0.15, 0.2) is 22.7 Å². The molecule has 0 N–H and O–H groups in total. The van der Waals surface area contributed by atoms with Crippen molar-refractivity contribution in [2.75, 3.05) is 45.3 Å².